The molecule has 2 aliphatic rings. The smallest absolute Gasteiger partial charge is 0.134 e. The maximum absolute atomic E-state index is 11.0. The Bertz CT molecular complexity index is 343. The van der Waals surface area contributed by atoms with Crippen molar-refractivity contribution in [3.05, 3.63) is 35.4 Å². The second-order valence-corrected chi connectivity index (χ2v) is 4.51. The van der Waals surface area contributed by atoms with E-state index in [1.807, 2.05) is 0 Å². The average Bonchev–Trinajstić information content (AvgIpc) is 2.41. The summed E-state index contributed by atoms with van der Waals surface area (Å²) in [4.78, 5) is 11.0. The molecule has 1 spiro atoms. The molecule has 1 aromatic carbocycles. The van der Waals surface area contributed by atoms with Crippen molar-refractivity contribution < 1.29 is 4.79 Å². The molecule has 0 aliphatic heterocycles. The van der Waals surface area contributed by atoms with Gasteiger partial charge in [0.2, 0.25) is 0 Å². The Hall–Kier alpha value is -1.11. The molecule has 1 aromatic rings. The van der Waals surface area contributed by atoms with Crippen molar-refractivity contribution in [3.63, 3.8) is 0 Å². The van der Waals surface area contributed by atoms with E-state index in [1.54, 1.807) is 0 Å². The second kappa shape index (κ2) is 2.22. The van der Waals surface area contributed by atoms with E-state index in [1.165, 1.54) is 11.1 Å². The van der Waals surface area contributed by atoms with Crippen LogP contribution < -0.4 is 0 Å². The van der Waals surface area contributed by atoms with Gasteiger partial charge in [-0.3, -0.25) is 4.79 Å². The molecular formula is C12H12O. The van der Waals surface area contributed by atoms with Gasteiger partial charge < -0.3 is 0 Å². The lowest BCUT2D eigenvalue weighted by Gasteiger charge is -2.36. The third-order valence-electron chi connectivity index (χ3n) is 3.39. The maximum Gasteiger partial charge on any atom is 0.134 e. The van der Waals surface area contributed by atoms with Crippen LogP contribution in [0, 0.1) is 5.41 Å². The van der Waals surface area contributed by atoms with Crippen molar-refractivity contribution in [2.75, 3.05) is 0 Å². The van der Waals surface area contributed by atoms with Crippen LogP contribution in [0.4, 0.5) is 0 Å². The molecule has 2 aliphatic carbocycles. The van der Waals surface area contributed by atoms with Gasteiger partial charge in [-0.15, -0.1) is 0 Å². The van der Waals surface area contributed by atoms with Crippen molar-refractivity contribution >= 4 is 5.78 Å². The molecule has 0 N–H and O–H groups in total. The number of ketones is 1. The highest BCUT2D eigenvalue weighted by Crippen LogP contribution is 2.49. The summed E-state index contributed by atoms with van der Waals surface area (Å²) in [5.74, 6) is 0.452. The number of rotatable bonds is 0. The minimum atomic E-state index is 0.348. The molecule has 13 heavy (non-hydrogen) atoms. The van der Waals surface area contributed by atoms with Crippen LogP contribution in [0.2, 0.25) is 0 Å². The van der Waals surface area contributed by atoms with E-state index in [4.69, 9.17) is 0 Å². The molecule has 0 unspecified atom stereocenters. The predicted molar refractivity (Wildman–Crippen MR) is 50.5 cm³/mol. The summed E-state index contributed by atoms with van der Waals surface area (Å²) >= 11 is 0. The predicted octanol–water partition coefficient (Wildman–Crippen LogP) is 2.13. The minimum Gasteiger partial charge on any atom is -0.300 e. The van der Waals surface area contributed by atoms with E-state index in [9.17, 15) is 4.79 Å². The zero-order valence-electron chi connectivity index (χ0n) is 7.55. The fraction of sp³-hybridized carbons (Fsp3) is 0.417. The fourth-order valence-corrected chi connectivity index (χ4v) is 2.81. The van der Waals surface area contributed by atoms with Gasteiger partial charge in [-0.1, -0.05) is 24.3 Å². The lowest BCUT2D eigenvalue weighted by Crippen LogP contribution is -2.38. The van der Waals surface area contributed by atoms with Gasteiger partial charge in [0.05, 0.1) is 0 Å². The van der Waals surface area contributed by atoms with Crippen LogP contribution in [-0.2, 0) is 17.6 Å². The van der Waals surface area contributed by atoms with Crippen LogP contribution in [-0.4, -0.2) is 5.78 Å². The zero-order valence-corrected chi connectivity index (χ0v) is 7.55. The molecule has 0 bridgehead atoms. The summed E-state index contributed by atoms with van der Waals surface area (Å²) < 4.78 is 0. The molecule has 0 heterocycles. The molecule has 1 fully saturated rings. The fourth-order valence-electron chi connectivity index (χ4n) is 2.81. The Labute approximate surface area is 77.8 Å². The normalized spacial score (nSPS) is 22.9. The van der Waals surface area contributed by atoms with Gasteiger partial charge in [0.15, 0.2) is 0 Å². The third kappa shape index (κ3) is 0.963. The first-order valence-electron chi connectivity index (χ1n) is 4.86. The molecule has 1 saturated carbocycles. The molecule has 66 valence electrons. The van der Waals surface area contributed by atoms with E-state index in [-0.39, 0.29) is 0 Å². The molecule has 0 saturated heterocycles. The number of hydrogen-bond acceptors (Lipinski definition) is 1. The number of hydrogen-bond donors (Lipinski definition) is 0. The lowest BCUT2D eigenvalue weighted by atomic mass is 9.66. The number of fused-ring (bicyclic) bond motifs is 1. The Morgan fingerprint density at radius 1 is 0.923 bits per heavy atom. The summed E-state index contributed by atoms with van der Waals surface area (Å²) in [6.45, 7) is 0. The third-order valence-corrected chi connectivity index (χ3v) is 3.39. The molecule has 0 atom stereocenters. The van der Waals surface area contributed by atoms with E-state index >= 15 is 0 Å². The first-order valence-corrected chi connectivity index (χ1v) is 4.86. The monoisotopic (exact) mass is 172 g/mol. The molecule has 0 aromatic heterocycles. The van der Waals surface area contributed by atoms with Crippen LogP contribution in [0.15, 0.2) is 24.3 Å². The van der Waals surface area contributed by atoms with Crippen LogP contribution in [0.5, 0.6) is 0 Å². The van der Waals surface area contributed by atoms with Crippen molar-refractivity contribution in [3.8, 4) is 0 Å². The summed E-state index contributed by atoms with van der Waals surface area (Å²) in [5, 5.41) is 0. The highest BCUT2D eigenvalue weighted by atomic mass is 16.1. The molecule has 0 radical (unpaired) electrons. The number of carbonyl (C=O) groups is 1. The van der Waals surface area contributed by atoms with Gasteiger partial charge >= 0.3 is 0 Å². The van der Waals surface area contributed by atoms with Gasteiger partial charge in [0, 0.05) is 12.8 Å². The Balaban J connectivity index is 1.94. The quantitative estimate of drug-likeness (QED) is 0.586. The van der Waals surface area contributed by atoms with Crippen LogP contribution in [0.25, 0.3) is 0 Å². The number of Topliss-reactive ketones (excluding diaryl/α,β-unsaturated/α-hetero) is 1. The topological polar surface area (TPSA) is 17.1 Å². The SMILES string of the molecule is O=C1CC2(C1)Cc1ccccc1C2. The van der Waals surface area contributed by atoms with Gasteiger partial charge in [-0.2, -0.15) is 0 Å². The first-order chi connectivity index (χ1) is 6.27. The van der Waals surface area contributed by atoms with E-state index < -0.39 is 0 Å². The Morgan fingerprint density at radius 2 is 1.46 bits per heavy atom. The molecule has 1 heteroatoms. The van der Waals surface area contributed by atoms with Crippen LogP contribution >= 0.6 is 0 Å². The Morgan fingerprint density at radius 3 is 1.92 bits per heavy atom. The largest absolute Gasteiger partial charge is 0.300 e. The first kappa shape index (κ1) is 7.31. The summed E-state index contributed by atoms with van der Waals surface area (Å²) in [7, 11) is 0. The summed E-state index contributed by atoms with van der Waals surface area (Å²) in [6.07, 6.45) is 3.91. The average molecular weight is 172 g/mol. The maximum atomic E-state index is 11.0. The summed E-state index contributed by atoms with van der Waals surface area (Å²) in [5.41, 5.74) is 3.28. The zero-order chi connectivity index (χ0) is 8.89. The molecular weight excluding hydrogens is 160 g/mol. The van der Waals surface area contributed by atoms with Gasteiger partial charge in [0.1, 0.15) is 5.78 Å². The summed E-state index contributed by atoms with van der Waals surface area (Å²) in [6, 6.07) is 8.59. The standard InChI is InChI=1S/C12H12O/c13-11-7-12(8-11)5-9-3-1-2-4-10(9)6-12/h1-4H,5-8H2. The Kier molecular flexibility index (Phi) is 1.25. The van der Waals surface area contributed by atoms with E-state index in [0.29, 0.717) is 11.2 Å². The highest BCUT2D eigenvalue weighted by Gasteiger charge is 2.46. The van der Waals surface area contributed by atoms with Gasteiger partial charge in [-0.25, -0.2) is 0 Å². The van der Waals surface area contributed by atoms with Crippen molar-refractivity contribution in [1.29, 1.82) is 0 Å². The van der Waals surface area contributed by atoms with Crippen molar-refractivity contribution in [1.82, 2.24) is 0 Å². The van der Waals surface area contributed by atoms with Crippen molar-refractivity contribution in [2.24, 2.45) is 5.41 Å². The van der Waals surface area contributed by atoms with E-state index in [0.717, 1.165) is 25.7 Å². The molecule has 3 rings (SSSR count). The molecule has 1 nitrogen and oxygen atoms in total. The van der Waals surface area contributed by atoms with Crippen LogP contribution in [0.3, 0.4) is 0 Å². The van der Waals surface area contributed by atoms with E-state index in [2.05, 4.69) is 24.3 Å². The highest BCUT2D eigenvalue weighted by molar-refractivity contribution is 5.86. The molecule has 0 amide bonds. The van der Waals surface area contributed by atoms with Gasteiger partial charge in [-0.05, 0) is 29.4 Å². The van der Waals surface area contributed by atoms with Crippen LogP contribution in [0.1, 0.15) is 24.0 Å². The van der Waals surface area contributed by atoms with Gasteiger partial charge in [0.25, 0.3) is 0 Å². The lowest BCUT2D eigenvalue weighted by molar-refractivity contribution is -0.132. The van der Waals surface area contributed by atoms with Crippen molar-refractivity contribution in [2.45, 2.75) is 25.7 Å². The number of benzene rings is 1. The number of carbonyl (C=O) groups excluding carboxylic acids is 1. The minimum absolute atomic E-state index is 0.348. The second-order valence-electron chi connectivity index (χ2n) is 4.51.